The highest BCUT2D eigenvalue weighted by Crippen LogP contribution is 2.23. The molecule has 0 radical (unpaired) electrons. The van der Waals surface area contributed by atoms with Gasteiger partial charge in [-0.05, 0) is 25.6 Å². The maximum Gasteiger partial charge on any atom is 0.131 e. The van der Waals surface area contributed by atoms with Crippen molar-refractivity contribution in [1.29, 1.82) is 0 Å². The van der Waals surface area contributed by atoms with Gasteiger partial charge >= 0.3 is 0 Å². The van der Waals surface area contributed by atoms with Crippen LogP contribution in [0.3, 0.4) is 0 Å². The zero-order valence-electron chi connectivity index (χ0n) is 10.8. The lowest BCUT2D eigenvalue weighted by Crippen LogP contribution is -2.24. The predicted molar refractivity (Wildman–Crippen MR) is 68.6 cm³/mol. The Balaban J connectivity index is 2.45. The summed E-state index contributed by atoms with van der Waals surface area (Å²) in [6.45, 7) is 4.33. The van der Waals surface area contributed by atoms with E-state index in [-0.39, 0.29) is 0 Å². The summed E-state index contributed by atoms with van der Waals surface area (Å²) in [5.41, 5.74) is 1.04. The van der Waals surface area contributed by atoms with Crippen molar-refractivity contribution in [3.05, 3.63) is 59.2 Å². The van der Waals surface area contributed by atoms with Gasteiger partial charge in [0.1, 0.15) is 17.5 Å². The van der Waals surface area contributed by atoms with Gasteiger partial charge in [-0.15, -0.1) is 0 Å². The zero-order valence-corrected chi connectivity index (χ0v) is 10.8. The Morgan fingerprint density at radius 2 is 2.05 bits per heavy atom. The van der Waals surface area contributed by atoms with Crippen LogP contribution in [0.4, 0.5) is 8.78 Å². The van der Waals surface area contributed by atoms with Crippen LogP contribution in [0.2, 0.25) is 0 Å². The highest BCUT2D eigenvalue weighted by Gasteiger charge is 2.18. The van der Waals surface area contributed by atoms with Gasteiger partial charge in [-0.3, -0.25) is 0 Å². The topological polar surface area (TPSA) is 37.8 Å². The average Bonchev–Trinajstić information content (AvgIpc) is 2.37. The first-order chi connectivity index (χ1) is 9.11. The highest BCUT2D eigenvalue weighted by molar-refractivity contribution is 5.29. The molecular formula is C14H15F2N3. The van der Waals surface area contributed by atoms with Gasteiger partial charge in [0, 0.05) is 17.8 Å². The summed E-state index contributed by atoms with van der Waals surface area (Å²) >= 11 is 0. The van der Waals surface area contributed by atoms with Crippen molar-refractivity contribution in [3.63, 3.8) is 0 Å². The van der Waals surface area contributed by atoms with E-state index in [1.807, 2.05) is 6.92 Å². The van der Waals surface area contributed by atoms with Gasteiger partial charge in [-0.1, -0.05) is 13.0 Å². The number of benzene rings is 1. The molecule has 2 aromatic rings. The summed E-state index contributed by atoms with van der Waals surface area (Å²) in [6, 6.07) is 4.88. The molecule has 0 aliphatic rings. The van der Waals surface area contributed by atoms with Crippen LogP contribution in [-0.4, -0.2) is 16.5 Å². The molecule has 0 saturated heterocycles. The number of nitrogens with one attached hydrogen (secondary N) is 1. The van der Waals surface area contributed by atoms with Crippen LogP contribution in [0, 0.1) is 18.6 Å². The monoisotopic (exact) mass is 263 g/mol. The van der Waals surface area contributed by atoms with Crippen LogP contribution >= 0.6 is 0 Å². The molecule has 0 aliphatic carbocycles. The van der Waals surface area contributed by atoms with Gasteiger partial charge in [0.05, 0.1) is 11.7 Å². The van der Waals surface area contributed by atoms with Gasteiger partial charge in [0.15, 0.2) is 0 Å². The second-order valence-electron chi connectivity index (χ2n) is 4.19. The fourth-order valence-corrected chi connectivity index (χ4v) is 1.95. The van der Waals surface area contributed by atoms with Crippen molar-refractivity contribution in [2.75, 3.05) is 6.54 Å². The van der Waals surface area contributed by atoms with Crippen LogP contribution in [0.25, 0.3) is 0 Å². The van der Waals surface area contributed by atoms with Crippen LogP contribution in [0.5, 0.6) is 0 Å². The van der Waals surface area contributed by atoms with Crippen molar-refractivity contribution >= 4 is 0 Å². The van der Waals surface area contributed by atoms with Crippen molar-refractivity contribution in [1.82, 2.24) is 15.3 Å². The third-order valence-corrected chi connectivity index (χ3v) is 2.78. The van der Waals surface area contributed by atoms with E-state index in [1.54, 1.807) is 19.2 Å². The third-order valence-electron chi connectivity index (χ3n) is 2.78. The maximum absolute atomic E-state index is 13.9. The summed E-state index contributed by atoms with van der Waals surface area (Å²) in [5.74, 6) is -0.555. The van der Waals surface area contributed by atoms with E-state index in [2.05, 4.69) is 15.3 Å². The molecule has 0 aliphatic heterocycles. The molecule has 0 saturated carbocycles. The first-order valence-corrected chi connectivity index (χ1v) is 6.09. The Morgan fingerprint density at radius 3 is 2.68 bits per heavy atom. The number of hydrogen-bond acceptors (Lipinski definition) is 3. The normalized spacial score (nSPS) is 12.4. The molecular weight excluding hydrogens is 248 g/mol. The van der Waals surface area contributed by atoms with Crippen molar-refractivity contribution in [2.45, 2.75) is 19.9 Å². The maximum atomic E-state index is 13.9. The molecule has 1 heterocycles. The van der Waals surface area contributed by atoms with Crippen molar-refractivity contribution < 1.29 is 8.78 Å². The Kier molecular flexibility index (Phi) is 4.16. The second-order valence-corrected chi connectivity index (χ2v) is 4.19. The summed E-state index contributed by atoms with van der Waals surface area (Å²) in [7, 11) is 0. The molecule has 3 nitrogen and oxygen atoms in total. The average molecular weight is 263 g/mol. The van der Waals surface area contributed by atoms with Gasteiger partial charge in [0.2, 0.25) is 0 Å². The van der Waals surface area contributed by atoms with Crippen molar-refractivity contribution in [2.24, 2.45) is 0 Å². The summed E-state index contributed by atoms with van der Waals surface area (Å²) in [4.78, 5) is 8.32. The lowest BCUT2D eigenvalue weighted by Gasteiger charge is -2.18. The SMILES string of the molecule is CCNC(c1ccnc(C)n1)c1ccc(F)cc1F. The molecule has 1 aromatic heterocycles. The molecule has 1 unspecified atom stereocenters. The lowest BCUT2D eigenvalue weighted by atomic mass is 10.0. The molecule has 2 rings (SSSR count). The first-order valence-electron chi connectivity index (χ1n) is 6.09. The first kappa shape index (κ1) is 13.5. The molecule has 0 spiro atoms. The number of rotatable bonds is 4. The van der Waals surface area contributed by atoms with Gasteiger partial charge in [0.25, 0.3) is 0 Å². The van der Waals surface area contributed by atoms with E-state index in [4.69, 9.17) is 0 Å². The molecule has 1 N–H and O–H groups in total. The molecule has 0 amide bonds. The number of hydrogen-bond donors (Lipinski definition) is 1. The number of aromatic nitrogens is 2. The number of nitrogens with zero attached hydrogens (tertiary/aromatic N) is 2. The zero-order chi connectivity index (χ0) is 13.8. The molecule has 0 bridgehead atoms. The van der Waals surface area contributed by atoms with E-state index in [0.29, 0.717) is 23.6 Å². The Hall–Kier alpha value is -1.88. The van der Waals surface area contributed by atoms with Crippen LogP contribution < -0.4 is 5.32 Å². The molecule has 5 heteroatoms. The van der Waals surface area contributed by atoms with E-state index in [9.17, 15) is 8.78 Å². The predicted octanol–water partition coefficient (Wildman–Crippen LogP) is 2.76. The molecule has 1 aromatic carbocycles. The van der Waals surface area contributed by atoms with E-state index in [1.165, 1.54) is 12.1 Å². The quantitative estimate of drug-likeness (QED) is 0.921. The minimum absolute atomic E-state index is 0.376. The van der Waals surface area contributed by atoms with E-state index in [0.717, 1.165) is 6.07 Å². The molecule has 1 atom stereocenters. The minimum atomic E-state index is -0.588. The smallest absolute Gasteiger partial charge is 0.131 e. The molecule has 0 fully saturated rings. The van der Waals surface area contributed by atoms with Gasteiger partial charge in [-0.2, -0.15) is 0 Å². The summed E-state index contributed by atoms with van der Waals surface area (Å²) < 4.78 is 26.9. The van der Waals surface area contributed by atoms with E-state index < -0.39 is 17.7 Å². The third kappa shape index (κ3) is 3.12. The van der Waals surface area contributed by atoms with Crippen LogP contribution in [0.15, 0.2) is 30.5 Å². The number of halogens is 2. The van der Waals surface area contributed by atoms with Gasteiger partial charge in [-0.25, -0.2) is 18.7 Å². The standard InChI is InChI=1S/C14H15F2N3/c1-3-17-14(13-6-7-18-9(2)19-13)11-5-4-10(15)8-12(11)16/h4-8,14,17H,3H2,1-2H3. The number of aryl methyl sites for hydroxylation is 1. The van der Waals surface area contributed by atoms with Gasteiger partial charge < -0.3 is 5.32 Å². The Morgan fingerprint density at radius 1 is 1.26 bits per heavy atom. The molecule has 19 heavy (non-hydrogen) atoms. The fourth-order valence-electron chi connectivity index (χ4n) is 1.95. The second kappa shape index (κ2) is 5.84. The lowest BCUT2D eigenvalue weighted by molar-refractivity contribution is 0.535. The highest BCUT2D eigenvalue weighted by atomic mass is 19.1. The minimum Gasteiger partial charge on any atom is -0.305 e. The van der Waals surface area contributed by atoms with Crippen LogP contribution in [0.1, 0.15) is 30.0 Å². The molecule has 100 valence electrons. The Labute approximate surface area is 110 Å². The summed E-state index contributed by atoms with van der Waals surface area (Å²) in [6.07, 6.45) is 1.63. The largest absolute Gasteiger partial charge is 0.305 e. The van der Waals surface area contributed by atoms with E-state index >= 15 is 0 Å². The Bertz CT molecular complexity index is 572. The van der Waals surface area contributed by atoms with Crippen LogP contribution in [-0.2, 0) is 0 Å². The summed E-state index contributed by atoms with van der Waals surface area (Å²) in [5, 5.41) is 3.15. The fraction of sp³-hybridized carbons (Fsp3) is 0.286. The van der Waals surface area contributed by atoms with Crippen molar-refractivity contribution in [3.8, 4) is 0 Å².